The minimum atomic E-state index is -0.149. The summed E-state index contributed by atoms with van der Waals surface area (Å²) >= 11 is 3.45. The van der Waals surface area contributed by atoms with Crippen LogP contribution in [0.25, 0.3) is 0 Å². The molecule has 0 aliphatic carbocycles. The van der Waals surface area contributed by atoms with Crippen LogP contribution in [0.5, 0.6) is 0 Å². The van der Waals surface area contributed by atoms with Crippen LogP contribution in [0, 0.1) is 12.7 Å². The summed E-state index contributed by atoms with van der Waals surface area (Å²) in [6.07, 6.45) is 0. The van der Waals surface area contributed by atoms with E-state index in [-0.39, 0.29) is 5.82 Å². The lowest BCUT2D eigenvalue weighted by molar-refractivity contribution is 0.608. The van der Waals surface area contributed by atoms with Crippen molar-refractivity contribution >= 4 is 21.6 Å². The number of nitrogens with zero attached hydrogens (tertiary/aromatic N) is 1. The van der Waals surface area contributed by atoms with Crippen LogP contribution in [-0.4, -0.2) is 7.05 Å². The van der Waals surface area contributed by atoms with Gasteiger partial charge in [0, 0.05) is 30.2 Å². The van der Waals surface area contributed by atoms with Crippen LogP contribution >= 0.6 is 15.9 Å². The third-order valence-corrected chi connectivity index (χ3v) is 3.84. The fourth-order valence-corrected chi connectivity index (χ4v) is 2.55. The van der Waals surface area contributed by atoms with Crippen LogP contribution in [0.3, 0.4) is 0 Å². The lowest BCUT2D eigenvalue weighted by atomic mass is 10.1. The number of alkyl halides is 1. The van der Waals surface area contributed by atoms with Crippen LogP contribution < -0.4 is 4.90 Å². The van der Waals surface area contributed by atoms with E-state index in [0.717, 1.165) is 11.0 Å². The van der Waals surface area contributed by atoms with E-state index in [4.69, 9.17) is 0 Å². The predicted octanol–water partition coefficient (Wildman–Crippen LogP) is 4.67. The molecule has 3 heteroatoms. The smallest absolute Gasteiger partial charge is 0.128 e. The summed E-state index contributed by atoms with van der Waals surface area (Å²) in [5.74, 6) is -0.149. The first-order valence-electron chi connectivity index (χ1n) is 6.22. The highest BCUT2D eigenvalue weighted by Crippen LogP contribution is 2.23. The van der Waals surface area contributed by atoms with Gasteiger partial charge in [-0.3, -0.25) is 0 Å². The van der Waals surface area contributed by atoms with Crippen molar-refractivity contribution in [3.8, 4) is 0 Å². The van der Waals surface area contributed by atoms with Gasteiger partial charge in [0.1, 0.15) is 5.82 Å². The molecule has 2 aromatic carbocycles. The van der Waals surface area contributed by atoms with Crippen LogP contribution in [0.15, 0.2) is 42.5 Å². The van der Waals surface area contributed by atoms with Crippen LogP contribution in [0.2, 0.25) is 0 Å². The zero-order chi connectivity index (χ0) is 13.8. The van der Waals surface area contributed by atoms with Crippen molar-refractivity contribution in [3.63, 3.8) is 0 Å². The number of hydrogen-bond donors (Lipinski definition) is 0. The molecule has 2 rings (SSSR count). The minimum Gasteiger partial charge on any atom is -0.370 e. The summed E-state index contributed by atoms with van der Waals surface area (Å²) in [6.45, 7) is 2.65. The molecule has 0 N–H and O–H groups in total. The molecule has 0 amide bonds. The maximum atomic E-state index is 13.7. The van der Waals surface area contributed by atoms with Crippen molar-refractivity contribution in [3.05, 3.63) is 65.0 Å². The zero-order valence-electron chi connectivity index (χ0n) is 11.2. The monoisotopic (exact) mass is 321 g/mol. The normalized spacial score (nSPS) is 10.5. The zero-order valence-corrected chi connectivity index (χ0v) is 12.7. The Morgan fingerprint density at radius 3 is 2.53 bits per heavy atom. The second kappa shape index (κ2) is 6.20. The van der Waals surface area contributed by atoms with E-state index >= 15 is 0 Å². The van der Waals surface area contributed by atoms with Gasteiger partial charge in [0.15, 0.2) is 0 Å². The molecule has 0 saturated carbocycles. The second-order valence-electron chi connectivity index (χ2n) is 4.70. The molecule has 0 fully saturated rings. The molecule has 2 aromatic rings. The fourth-order valence-electron chi connectivity index (χ4n) is 2.20. The number of anilines is 1. The highest BCUT2D eigenvalue weighted by atomic mass is 79.9. The van der Waals surface area contributed by atoms with E-state index in [0.29, 0.717) is 12.1 Å². The Morgan fingerprint density at radius 1 is 1.16 bits per heavy atom. The summed E-state index contributed by atoms with van der Waals surface area (Å²) in [5.41, 5.74) is 4.30. The maximum Gasteiger partial charge on any atom is 0.128 e. The standard InChI is InChI=1S/C16H17BrFN/c1-12-9-13(10-17)7-8-16(12)19(2)11-14-5-3-4-6-15(14)18/h3-9H,10-11H2,1-2H3. The van der Waals surface area contributed by atoms with Gasteiger partial charge in [0.05, 0.1) is 0 Å². The molecule has 0 aliphatic rings. The van der Waals surface area contributed by atoms with Crippen LogP contribution in [0.1, 0.15) is 16.7 Å². The summed E-state index contributed by atoms with van der Waals surface area (Å²) in [4.78, 5) is 2.08. The van der Waals surface area contributed by atoms with E-state index < -0.39 is 0 Å². The molecular formula is C16H17BrFN. The van der Waals surface area contributed by atoms with Crippen molar-refractivity contribution in [1.82, 2.24) is 0 Å². The van der Waals surface area contributed by atoms with Crippen molar-refractivity contribution in [2.75, 3.05) is 11.9 Å². The van der Waals surface area contributed by atoms with Gasteiger partial charge in [-0.2, -0.15) is 0 Å². The van der Waals surface area contributed by atoms with E-state index in [1.807, 2.05) is 19.2 Å². The molecular weight excluding hydrogens is 305 g/mol. The van der Waals surface area contributed by atoms with Gasteiger partial charge in [-0.25, -0.2) is 4.39 Å². The number of benzene rings is 2. The van der Waals surface area contributed by atoms with E-state index in [2.05, 4.69) is 46.0 Å². The Hall–Kier alpha value is -1.35. The third kappa shape index (κ3) is 3.35. The van der Waals surface area contributed by atoms with Gasteiger partial charge in [-0.15, -0.1) is 0 Å². The largest absolute Gasteiger partial charge is 0.370 e. The summed E-state index contributed by atoms with van der Waals surface area (Å²) in [6, 6.07) is 13.3. The van der Waals surface area contributed by atoms with E-state index in [9.17, 15) is 4.39 Å². The first-order valence-corrected chi connectivity index (χ1v) is 7.34. The molecule has 19 heavy (non-hydrogen) atoms. The average Bonchev–Trinajstić information content (AvgIpc) is 2.41. The van der Waals surface area contributed by atoms with Gasteiger partial charge in [0.2, 0.25) is 0 Å². The Bertz CT molecular complexity index is 568. The molecule has 0 bridgehead atoms. The SMILES string of the molecule is Cc1cc(CBr)ccc1N(C)Cc1ccccc1F. The van der Waals surface area contributed by atoms with Crippen molar-refractivity contribution in [2.45, 2.75) is 18.8 Å². The van der Waals surface area contributed by atoms with Crippen molar-refractivity contribution in [2.24, 2.45) is 0 Å². The molecule has 0 radical (unpaired) electrons. The third-order valence-electron chi connectivity index (χ3n) is 3.19. The second-order valence-corrected chi connectivity index (χ2v) is 5.26. The Morgan fingerprint density at radius 2 is 1.89 bits per heavy atom. The quantitative estimate of drug-likeness (QED) is 0.740. The van der Waals surface area contributed by atoms with Crippen LogP contribution in [-0.2, 0) is 11.9 Å². The van der Waals surface area contributed by atoms with Gasteiger partial charge in [-0.1, -0.05) is 46.3 Å². The number of hydrogen-bond acceptors (Lipinski definition) is 1. The first-order chi connectivity index (χ1) is 9.11. The number of rotatable bonds is 4. The lowest BCUT2D eigenvalue weighted by Gasteiger charge is -2.22. The number of halogens is 2. The predicted molar refractivity (Wildman–Crippen MR) is 82.3 cm³/mol. The maximum absolute atomic E-state index is 13.7. The van der Waals surface area contributed by atoms with Gasteiger partial charge >= 0.3 is 0 Å². The van der Waals surface area contributed by atoms with Crippen molar-refractivity contribution < 1.29 is 4.39 Å². The van der Waals surface area contributed by atoms with Gasteiger partial charge < -0.3 is 4.90 Å². The van der Waals surface area contributed by atoms with Gasteiger partial charge in [-0.05, 0) is 30.2 Å². The molecule has 0 atom stereocenters. The molecule has 100 valence electrons. The Kier molecular flexibility index (Phi) is 4.59. The Labute approximate surface area is 122 Å². The number of aryl methyl sites for hydroxylation is 1. The topological polar surface area (TPSA) is 3.24 Å². The molecule has 0 aliphatic heterocycles. The molecule has 0 spiro atoms. The summed E-state index contributed by atoms with van der Waals surface area (Å²) in [5, 5.41) is 0.852. The van der Waals surface area contributed by atoms with Crippen molar-refractivity contribution in [1.29, 1.82) is 0 Å². The highest BCUT2D eigenvalue weighted by molar-refractivity contribution is 9.08. The van der Waals surface area contributed by atoms with E-state index in [1.165, 1.54) is 17.2 Å². The van der Waals surface area contributed by atoms with E-state index in [1.54, 1.807) is 6.07 Å². The highest BCUT2D eigenvalue weighted by Gasteiger charge is 2.08. The molecule has 0 saturated heterocycles. The molecule has 0 heterocycles. The summed E-state index contributed by atoms with van der Waals surface area (Å²) < 4.78 is 13.7. The van der Waals surface area contributed by atoms with Gasteiger partial charge in [0.25, 0.3) is 0 Å². The Balaban J connectivity index is 2.21. The molecule has 0 unspecified atom stereocenters. The molecule has 0 aromatic heterocycles. The summed E-state index contributed by atoms with van der Waals surface area (Å²) in [7, 11) is 1.99. The molecule has 1 nitrogen and oxygen atoms in total. The van der Waals surface area contributed by atoms with Crippen LogP contribution in [0.4, 0.5) is 10.1 Å². The first kappa shape index (κ1) is 14.1. The average molecular weight is 322 g/mol. The lowest BCUT2D eigenvalue weighted by Crippen LogP contribution is -2.18. The minimum absolute atomic E-state index is 0.149. The fraction of sp³-hybridized carbons (Fsp3) is 0.250.